The molecule has 10 heteroatoms. The largest absolute Gasteiger partial charge is 0.369 e. The highest BCUT2D eigenvalue weighted by molar-refractivity contribution is 7.15. The van der Waals surface area contributed by atoms with Gasteiger partial charge in [-0.1, -0.05) is 11.3 Å². The number of hydrogen-bond donors (Lipinski definition) is 2. The number of aromatic nitrogens is 2. The van der Waals surface area contributed by atoms with Crippen LogP contribution < -0.4 is 11.5 Å². The fourth-order valence-corrected chi connectivity index (χ4v) is 1.93. The smallest absolute Gasteiger partial charge is 0.357 e. The first-order valence-corrected chi connectivity index (χ1v) is 5.19. The first-order valence-electron chi connectivity index (χ1n) is 4.31. The van der Waals surface area contributed by atoms with Crippen LogP contribution in [0.4, 0.5) is 5.82 Å². The second kappa shape index (κ2) is 4.17. The summed E-state index contributed by atoms with van der Waals surface area (Å²) in [5.41, 5.74) is 10.2. The predicted molar refractivity (Wildman–Crippen MR) is 63.1 cm³/mol. The zero-order chi connectivity index (χ0) is 12.4. The third-order valence-corrected chi connectivity index (χ3v) is 2.55. The lowest BCUT2D eigenvalue weighted by molar-refractivity contribution is -0.390. The monoisotopic (exact) mass is 253 g/mol. The van der Waals surface area contributed by atoms with Crippen molar-refractivity contribution in [3.63, 3.8) is 0 Å². The van der Waals surface area contributed by atoms with E-state index in [1.54, 1.807) is 11.6 Å². The summed E-state index contributed by atoms with van der Waals surface area (Å²) in [6.07, 6.45) is 2.70. The van der Waals surface area contributed by atoms with E-state index in [4.69, 9.17) is 11.5 Å². The lowest BCUT2D eigenvalue weighted by Crippen LogP contribution is -2.21. The molecule has 88 valence electrons. The Bertz CT molecular complexity index is 621. The van der Waals surface area contributed by atoms with Crippen molar-refractivity contribution >= 4 is 34.3 Å². The molecule has 17 heavy (non-hydrogen) atoms. The van der Waals surface area contributed by atoms with Gasteiger partial charge in [0.2, 0.25) is 5.96 Å². The van der Waals surface area contributed by atoms with Crippen molar-refractivity contribution in [2.45, 2.75) is 0 Å². The lowest BCUT2D eigenvalue weighted by atomic mass is 10.5. The van der Waals surface area contributed by atoms with E-state index in [0.717, 1.165) is 6.21 Å². The number of nitrogens with zero attached hydrogens (tertiary/aromatic N) is 5. The molecule has 2 rings (SSSR count). The van der Waals surface area contributed by atoms with Gasteiger partial charge in [0.25, 0.3) is 4.96 Å². The molecule has 0 atom stereocenters. The van der Waals surface area contributed by atoms with E-state index in [1.165, 1.54) is 15.7 Å². The first-order chi connectivity index (χ1) is 8.09. The van der Waals surface area contributed by atoms with E-state index < -0.39 is 4.92 Å². The van der Waals surface area contributed by atoms with Gasteiger partial charge in [0, 0.05) is 5.38 Å². The summed E-state index contributed by atoms with van der Waals surface area (Å²) >= 11 is 1.28. The molecule has 0 aromatic carbocycles. The Morgan fingerprint density at radius 2 is 2.41 bits per heavy atom. The Labute approximate surface area is 98.2 Å². The van der Waals surface area contributed by atoms with Crippen LogP contribution in [0.1, 0.15) is 5.69 Å². The average Bonchev–Trinajstić information content (AvgIpc) is 2.75. The molecule has 9 nitrogen and oxygen atoms in total. The minimum atomic E-state index is -0.538. The van der Waals surface area contributed by atoms with Crippen molar-refractivity contribution in [3.8, 4) is 0 Å². The second-order valence-electron chi connectivity index (χ2n) is 2.90. The number of guanidine groups is 1. The van der Waals surface area contributed by atoms with Gasteiger partial charge in [0.15, 0.2) is 5.69 Å². The highest BCUT2D eigenvalue weighted by Gasteiger charge is 2.21. The number of nitrogens with two attached hydrogens (primary N) is 2. The predicted octanol–water partition coefficient (Wildman–Crippen LogP) is -0.0887. The van der Waals surface area contributed by atoms with Crippen molar-refractivity contribution in [2.75, 3.05) is 0 Å². The molecule has 0 aliphatic carbocycles. The molecule has 0 bridgehead atoms. The van der Waals surface area contributed by atoms with Gasteiger partial charge in [-0.15, -0.1) is 5.10 Å². The lowest BCUT2D eigenvalue weighted by Gasteiger charge is -1.91. The van der Waals surface area contributed by atoms with Crippen LogP contribution in [-0.2, 0) is 0 Å². The number of imidazole rings is 1. The van der Waals surface area contributed by atoms with Crippen LogP contribution in [0.5, 0.6) is 0 Å². The number of thiazole rings is 1. The van der Waals surface area contributed by atoms with Gasteiger partial charge >= 0.3 is 5.82 Å². The Kier molecular flexibility index (Phi) is 2.70. The first kappa shape index (κ1) is 11.0. The summed E-state index contributed by atoms with van der Waals surface area (Å²) in [4.78, 5) is 14.9. The molecule has 0 saturated carbocycles. The Morgan fingerprint density at radius 3 is 3.06 bits per heavy atom. The summed E-state index contributed by atoms with van der Waals surface area (Å²) in [5.74, 6) is -0.402. The zero-order valence-corrected chi connectivity index (χ0v) is 9.16. The quantitative estimate of drug-likeness (QED) is 0.341. The summed E-state index contributed by atoms with van der Waals surface area (Å²) in [6, 6.07) is 0. The van der Waals surface area contributed by atoms with E-state index in [0.29, 0.717) is 4.96 Å². The van der Waals surface area contributed by atoms with Crippen molar-refractivity contribution in [2.24, 2.45) is 21.7 Å². The minimum absolute atomic E-state index is 0.104. The van der Waals surface area contributed by atoms with E-state index in [2.05, 4.69) is 15.2 Å². The summed E-state index contributed by atoms with van der Waals surface area (Å²) in [5, 5.41) is 19.4. The minimum Gasteiger partial charge on any atom is -0.369 e. The van der Waals surface area contributed by atoms with E-state index in [1.807, 2.05) is 0 Å². The van der Waals surface area contributed by atoms with Crippen LogP contribution >= 0.6 is 11.3 Å². The van der Waals surface area contributed by atoms with E-state index in [-0.39, 0.29) is 17.5 Å². The highest BCUT2D eigenvalue weighted by atomic mass is 32.1. The highest BCUT2D eigenvalue weighted by Crippen LogP contribution is 2.22. The van der Waals surface area contributed by atoms with Gasteiger partial charge < -0.3 is 21.6 Å². The molecular formula is C7H7N7O2S. The third kappa shape index (κ3) is 2.06. The van der Waals surface area contributed by atoms with Crippen molar-refractivity contribution in [1.29, 1.82) is 0 Å². The maximum absolute atomic E-state index is 10.9. The molecule has 0 spiro atoms. The van der Waals surface area contributed by atoms with Crippen LogP contribution in [-0.4, -0.2) is 26.5 Å². The molecule has 0 radical (unpaired) electrons. The van der Waals surface area contributed by atoms with Gasteiger partial charge in [-0.2, -0.15) is 14.5 Å². The third-order valence-electron chi connectivity index (χ3n) is 1.79. The van der Waals surface area contributed by atoms with Crippen LogP contribution in [0, 0.1) is 10.1 Å². The molecule has 0 saturated heterocycles. The topological polar surface area (TPSA) is 137 Å². The Balaban J connectivity index is 2.49. The zero-order valence-electron chi connectivity index (χ0n) is 8.35. The maximum Gasteiger partial charge on any atom is 0.357 e. The summed E-state index contributed by atoms with van der Waals surface area (Å²) in [7, 11) is 0. The van der Waals surface area contributed by atoms with Crippen molar-refractivity contribution < 1.29 is 4.92 Å². The van der Waals surface area contributed by atoms with Gasteiger partial charge in [0.05, 0.1) is 6.21 Å². The van der Waals surface area contributed by atoms with E-state index >= 15 is 0 Å². The number of hydrogen-bond acceptors (Lipinski definition) is 6. The van der Waals surface area contributed by atoms with Gasteiger partial charge in [-0.05, 0) is 4.92 Å². The summed E-state index contributed by atoms with van der Waals surface area (Å²) in [6.45, 7) is 0. The maximum atomic E-state index is 10.9. The molecule has 0 fully saturated rings. The Morgan fingerprint density at radius 1 is 1.65 bits per heavy atom. The number of rotatable bonds is 3. The van der Waals surface area contributed by atoms with Crippen LogP contribution in [0.2, 0.25) is 0 Å². The van der Waals surface area contributed by atoms with Gasteiger partial charge in [0.1, 0.15) is 6.20 Å². The standard InChI is InChI=1S/C7H7N7O2S/c8-6(9)12-10-3-4-5(14(15)16)13-1-2-17-7(13)11-4/h1-3H,(H4,8,9,12)/b10-3+. The Hall–Kier alpha value is -2.49. The molecule has 0 unspecified atom stereocenters. The van der Waals surface area contributed by atoms with Crippen LogP contribution in [0.3, 0.4) is 0 Å². The molecule has 2 aromatic heterocycles. The number of nitro groups is 1. The van der Waals surface area contributed by atoms with Gasteiger partial charge in [-0.25, -0.2) is 0 Å². The molecule has 4 N–H and O–H groups in total. The normalized spacial score (nSPS) is 11.1. The SMILES string of the molecule is NC(N)=N/N=C/c1nc2sccn2c1[N+](=O)[O-]. The van der Waals surface area contributed by atoms with Crippen molar-refractivity contribution in [1.82, 2.24) is 9.38 Å². The number of fused-ring (bicyclic) bond motifs is 1. The average molecular weight is 253 g/mol. The second-order valence-corrected chi connectivity index (χ2v) is 3.78. The van der Waals surface area contributed by atoms with Crippen molar-refractivity contribution in [3.05, 3.63) is 27.4 Å². The van der Waals surface area contributed by atoms with Crippen LogP contribution in [0.25, 0.3) is 4.96 Å². The summed E-state index contributed by atoms with van der Waals surface area (Å²) < 4.78 is 1.36. The molecule has 2 aromatic rings. The molecule has 0 aliphatic heterocycles. The molecule has 0 aliphatic rings. The fraction of sp³-hybridized carbons (Fsp3) is 0. The molecule has 0 amide bonds. The molecular weight excluding hydrogens is 246 g/mol. The van der Waals surface area contributed by atoms with Gasteiger partial charge in [-0.3, -0.25) is 0 Å². The fourth-order valence-electron chi connectivity index (χ4n) is 1.21. The van der Waals surface area contributed by atoms with E-state index in [9.17, 15) is 10.1 Å². The van der Waals surface area contributed by atoms with Crippen LogP contribution in [0.15, 0.2) is 21.8 Å². The molecule has 2 heterocycles.